The smallest absolute Gasteiger partial charge is 0.308 e. The van der Waals surface area contributed by atoms with Gasteiger partial charge in [-0.05, 0) is 59.0 Å². The monoisotopic (exact) mass is 461 g/mol. The molecule has 0 unspecified atom stereocenters. The second-order valence-electron chi connectivity index (χ2n) is 8.37. The Morgan fingerprint density at radius 1 is 1.03 bits per heavy atom. The lowest BCUT2D eigenvalue weighted by Gasteiger charge is -2.24. The number of benzene rings is 2. The van der Waals surface area contributed by atoms with E-state index in [1.165, 1.54) is 7.11 Å². The number of methoxy groups -OCH3 is 1. The summed E-state index contributed by atoms with van der Waals surface area (Å²) in [7, 11) is 1.54. The summed E-state index contributed by atoms with van der Waals surface area (Å²) in [6.45, 7) is 0.130. The molecule has 0 radical (unpaired) electrons. The molecule has 1 aliphatic heterocycles. The van der Waals surface area contributed by atoms with Crippen LogP contribution >= 0.6 is 0 Å². The van der Waals surface area contributed by atoms with Crippen molar-refractivity contribution in [3.05, 3.63) is 82.7 Å². The fourth-order valence-corrected chi connectivity index (χ4v) is 5.10. The van der Waals surface area contributed by atoms with E-state index in [0.29, 0.717) is 22.9 Å². The molecule has 0 saturated carbocycles. The van der Waals surface area contributed by atoms with Gasteiger partial charge in [0.1, 0.15) is 5.75 Å². The first-order valence-electron chi connectivity index (χ1n) is 10.9. The number of hydrogen-bond donors (Lipinski definition) is 2. The van der Waals surface area contributed by atoms with E-state index in [4.69, 9.17) is 14.2 Å². The first-order chi connectivity index (χ1) is 16.5. The van der Waals surface area contributed by atoms with Crippen molar-refractivity contribution >= 4 is 11.9 Å². The molecule has 1 aliphatic carbocycles. The minimum Gasteiger partial charge on any atom is -0.497 e. The van der Waals surface area contributed by atoms with Gasteiger partial charge in [-0.25, -0.2) is 0 Å². The standard InChI is InChI=1S/C26H23NO7/c1-32-16-6-7-17(14(11-16)5-9-21(28)29)23-24(26(30)31)22(18-3-2-10-27-25(18)23)15-4-8-19-20(12-15)34-13-33-19/h2-4,6-8,10-12,22-24H,5,9,13H2,1H3,(H,28,29)(H,30,31)/t22-,23-,24+/m0/s1. The minimum atomic E-state index is -0.953. The molecule has 0 fully saturated rings. The van der Waals surface area contributed by atoms with Gasteiger partial charge >= 0.3 is 11.9 Å². The number of fused-ring (bicyclic) bond motifs is 2. The van der Waals surface area contributed by atoms with Crippen LogP contribution < -0.4 is 14.2 Å². The highest BCUT2D eigenvalue weighted by atomic mass is 16.7. The fraction of sp³-hybridized carbons (Fsp3) is 0.269. The lowest BCUT2D eigenvalue weighted by Crippen LogP contribution is -2.25. The summed E-state index contributed by atoms with van der Waals surface area (Å²) in [5.74, 6) is -1.94. The van der Waals surface area contributed by atoms with Crippen molar-refractivity contribution in [1.29, 1.82) is 0 Å². The van der Waals surface area contributed by atoms with Crippen LogP contribution in [0, 0.1) is 5.92 Å². The number of aromatic nitrogens is 1. The van der Waals surface area contributed by atoms with Crippen molar-refractivity contribution in [2.24, 2.45) is 5.92 Å². The van der Waals surface area contributed by atoms with E-state index in [1.54, 1.807) is 30.5 Å². The molecule has 0 bridgehead atoms. The Balaban J connectivity index is 1.66. The molecule has 174 valence electrons. The summed E-state index contributed by atoms with van der Waals surface area (Å²) in [5, 5.41) is 19.7. The van der Waals surface area contributed by atoms with Crippen LogP contribution in [0.1, 0.15) is 46.2 Å². The molecule has 34 heavy (non-hydrogen) atoms. The van der Waals surface area contributed by atoms with Crippen LogP contribution in [0.4, 0.5) is 0 Å². The number of ether oxygens (including phenoxy) is 3. The Bertz CT molecular complexity index is 1270. The molecule has 0 saturated heterocycles. The first kappa shape index (κ1) is 21.8. The molecular formula is C26H23NO7. The van der Waals surface area contributed by atoms with Gasteiger partial charge in [-0.3, -0.25) is 14.6 Å². The summed E-state index contributed by atoms with van der Waals surface area (Å²) in [6, 6.07) is 14.6. The SMILES string of the molecule is COc1ccc([C@@H]2c3ncccc3[C@H](c3ccc4c(c3)OCO4)[C@H]2C(=O)O)c(CCC(=O)O)c1. The Kier molecular flexibility index (Phi) is 5.57. The van der Waals surface area contributed by atoms with Gasteiger partial charge in [0, 0.05) is 24.5 Å². The molecule has 2 aliphatic rings. The Labute approximate surface area is 195 Å². The maximum absolute atomic E-state index is 12.8. The zero-order valence-corrected chi connectivity index (χ0v) is 18.4. The molecule has 3 aromatic rings. The number of nitrogens with zero attached hydrogens (tertiary/aromatic N) is 1. The number of aryl methyl sites for hydroxylation is 1. The van der Waals surface area contributed by atoms with E-state index in [2.05, 4.69) is 4.98 Å². The van der Waals surface area contributed by atoms with Gasteiger partial charge in [-0.2, -0.15) is 0 Å². The Hall–Kier alpha value is -4.07. The molecule has 2 heterocycles. The van der Waals surface area contributed by atoms with E-state index in [-0.39, 0.29) is 19.6 Å². The van der Waals surface area contributed by atoms with Gasteiger partial charge < -0.3 is 24.4 Å². The largest absolute Gasteiger partial charge is 0.497 e. The lowest BCUT2D eigenvalue weighted by atomic mass is 9.78. The molecule has 8 heteroatoms. The average molecular weight is 461 g/mol. The molecule has 8 nitrogen and oxygen atoms in total. The molecule has 3 atom stereocenters. The van der Waals surface area contributed by atoms with Crippen molar-refractivity contribution in [1.82, 2.24) is 4.98 Å². The molecule has 0 spiro atoms. The number of pyridine rings is 1. The van der Waals surface area contributed by atoms with Crippen LogP contribution in [0.3, 0.4) is 0 Å². The zero-order valence-electron chi connectivity index (χ0n) is 18.4. The molecule has 1 aromatic heterocycles. The molecule has 0 amide bonds. The summed E-state index contributed by atoms with van der Waals surface area (Å²) in [4.78, 5) is 28.7. The van der Waals surface area contributed by atoms with Crippen molar-refractivity contribution < 1.29 is 34.0 Å². The lowest BCUT2D eigenvalue weighted by molar-refractivity contribution is -0.142. The number of carbonyl (C=O) groups is 2. The second-order valence-corrected chi connectivity index (χ2v) is 8.37. The highest BCUT2D eigenvalue weighted by Gasteiger charge is 2.48. The number of rotatable bonds is 7. The Morgan fingerprint density at radius 2 is 1.85 bits per heavy atom. The third-order valence-electron chi connectivity index (χ3n) is 6.55. The Morgan fingerprint density at radius 3 is 2.62 bits per heavy atom. The van der Waals surface area contributed by atoms with E-state index in [9.17, 15) is 19.8 Å². The number of hydrogen-bond acceptors (Lipinski definition) is 6. The van der Waals surface area contributed by atoms with Crippen LogP contribution in [-0.2, 0) is 16.0 Å². The number of carboxylic acids is 2. The van der Waals surface area contributed by atoms with Crippen molar-refractivity contribution in [2.75, 3.05) is 13.9 Å². The first-order valence-corrected chi connectivity index (χ1v) is 10.9. The topological polar surface area (TPSA) is 115 Å². The van der Waals surface area contributed by atoms with Gasteiger partial charge in [-0.15, -0.1) is 0 Å². The summed E-state index contributed by atoms with van der Waals surface area (Å²) in [5.41, 5.74) is 3.80. The summed E-state index contributed by atoms with van der Waals surface area (Å²) >= 11 is 0. The third kappa shape index (κ3) is 3.71. The fourth-order valence-electron chi connectivity index (χ4n) is 5.10. The highest BCUT2D eigenvalue weighted by molar-refractivity contribution is 5.78. The summed E-state index contributed by atoms with van der Waals surface area (Å²) in [6.07, 6.45) is 1.83. The molecule has 2 N–H and O–H groups in total. The number of aliphatic carboxylic acids is 2. The predicted molar refractivity (Wildman–Crippen MR) is 121 cm³/mol. The third-order valence-corrected chi connectivity index (χ3v) is 6.55. The maximum Gasteiger partial charge on any atom is 0.308 e. The second kappa shape index (κ2) is 8.70. The van der Waals surface area contributed by atoms with Crippen LogP contribution in [-0.4, -0.2) is 41.0 Å². The minimum absolute atomic E-state index is 0.0781. The predicted octanol–water partition coefficient (Wildman–Crippen LogP) is 3.81. The quantitative estimate of drug-likeness (QED) is 0.546. The summed E-state index contributed by atoms with van der Waals surface area (Å²) < 4.78 is 16.3. The van der Waals surface area contributed by atoms with Crippen LogP contribution in [0.15, 0.2) is 54.7 Å². The van der Waals surface area contributed by atoms with E-state index in [1.807, 2.05) is 24.3 Å². The maximum atomic E-state index is 12.8. The van der Waals surface area contributed by atoms with E-state index < -0.39 is 29.7 Å². The van der Waals surface area contributed by atoms with Crippen molar-refractivity contribution in [3.63, 3.8) is 0 Å². The van der Waals surface area contributed by atoms with Crippen LogP contribution in [0.2, 0.25) is 0 Å². The van der Waals surface area contributed by atoms with Gasteiger partial charge in [0.2, 0.25) is 6.79 Å². The van der Waals surface area contributed by atoms with Gasteiger partial charge in [-0.1, -0.05) is 18.2 Å². The molecular weight excluding hydrogens is 438 g/mol. The normalized spacial score (nSPS) is 20.1. The van der Waals surface area contributed by atoms with Crippen molar-refractivity contribution in [3.8, 4) is 17.2 Å². The van der Waals surface area contributed by atoms with Gasteiger partial charge in [0.25, 0.3) is 0 Å². The van der Waals surface area contributed by atoms with Crippen molar-refractivity contribution in [2.45, 2.75) is 24.7 Å². The van der Waals surface area contributed by atoms with Crippen LogP contribution in [0.5, 0.6) is 17.2 Å². The van der Waals surface area contributed by atoms with Gasteiger partial charge in [0.15, 0.2) is 11.5 Å². The van der Waals surface area contributed by atoms with Crippen LogP contribution in [0.25, 0.3) is 0 Å². The zero-order chi connectivity index (χ0) is 23.8. The van der Waals surface area contributed by atoms with Gasteiger partial charge in [0.05, 0.1) is 18.7 Å². The van der Waals surface area contributed by atoms with E-state index >= 15 is 0 Å². The molecule has 5 rings (SSSR count). The highest BCUT2D eigenvalue weighted by Crippen LogP contribution is 2.53. The van der Waals surface area contributed by atoms with E-state index in [0.717, 1.165) is 22.3 Å². The average Bonchev–Trinajstić information content (AvgIpc) is 3.44. The number of carboxylic acid groups (broad SMARTS) is 2. The molecule has 2 aromatic carbocycles.